The van der Waals surface area contributed by atoms with E-state index in [9.17, 15) is 4.79 Å². The molecule has 18 heavy (non-hydrogen) atoms. The van der Waals surface area contributed by atoms with Crippen molar-refractivity contribution >= 4 is 5.78 Å². The first-order valence-electron chi connectivity index (χ1n) is 6.84. The van der Waals surface area contributed by atoms with Crippen LogP contribution < -0.4 is 5.73 Å². The number of hydrogen-bond donors (Lipinski definition) is 1. The molecule has 1 aliphatic heterocycles. The fourth-order valence-electron chi connectivity index (χ4n) is 2.49. The Labute approximate surface area is 109 Å². The van der Waals surface area contributed by atoms with Crippen LogP contribution in [0.1, 0.15) is 41.6 Å². The molecule has 2 rings (SSSR count). The lowest BCUT2D eigenvalue weighted by molar-refractivity contribution is 0.0985. The van der Waals surface area contributed by atoms with Gasteiger partial charge in [-0.05, 0) is 44.1 Å². The van der Waals surface area contributed by atoms with Gasteiger partial charge in [0.1, 0.15) is 0 Å². The number of nitrogens with two attached hydrogens (primary N) is 1. The normalized spacial score (nSPS) is 16.7. The molecular weight excluding hydrogens is 224 g/mol. The van der Waals surface area contributed by atoms with Crippen LogP contribution in [0.15, 0.2) is 24.3 Å². The highest BCUT2D eigenvalue weighted by molar-refractivity contribution is 5.96. The first-order valence-corrected chi connectivity index (χ1v) is 6.84. The quantitative estimate of drug-likeness (QED) is 0.810. The molecular formula is C15H22N2O. The lowest BCUT2D eigenvalue weighted by atomic mass is 10.0. The standard InChI is InChI=1S/C15H22N2O/c16-8-7-15(18)14-6-4-5-13(11-14)12-17-9-2-1-3-10-17/h4-6,11H,1-3,7-10,12,16H2. The maximum atomic E-state index is 11.8. The van der Waals surface area contributed by atoms with Crippen LogP contribution in [0.3, 0.4) is 0 Å². The molecule has 0 radical (unpaired) electrons. The first kappa shape index (κ1) is 13.2. The Balaban J connectivity index is 2.00. The van der Waals surface area contributed by atoms with E-state index in [1.54, 1.807) is 0 Å². The van der Waals surface area contributed by atoms with Gasteiger partial charge in [-0.2, -0.15) is 0 Å². The highest BCUT2D eigenvalue weighted by Gasteiger charge is 2.11. The summed E-state index contributed by atoms with van der Waals surface area (Å²) in [6.07, 6.45) is 4.39. The summed E-state index contributed by atoms with van der Waals surface area (Å²) in [4.78, 5) is 14.3. The van der Waals surface area contributed by atoms with Gasteiger partial charge in [-0.3, -0.25) is 9.69 Å². The van der Waals surface area contributed by atoms with Gasteiger partial charge in [0.15, 0.2) is 5.78 Å². The van der Waals surface area contributed by atoms with E-state index in [2.05, 4.69) is 11.0 Å². The largest absolute Gasteiger partial charge is 0.330 e. The zero-order chi connectivity index (χ0) is 12.8. The van der Waals surface area contributed by atoms with Crippen molar-refractivity contribution in [2.75, 3.05) is 19.6 Å². The van der Waals surface area contributed by atoms with Gasteiger partial charge < -0.3 is 5.73 Å². The van der Waals surface area contributed by atoms with Crippen LogP contribution in [0.2, 0.25) is 0 Å². The van der Waals surface area contributed by atoms with E-state index in [1.165, 1.54) is 37.9 Å². The smallest absolute Gasteiger partial charge is 0.164 e. The third kappa shape index (κ3) is 3.65. The van der Waals surface area contributed by atoms with Crippen molar-refractivity contribution in [2.24, 2.45) is 5.73 Å². The van der Waals surface area contributed by atoms with Crippen LogP contribution in [0, 0.1) is 0 Å². The van der Waals surface area contributed by atoms with Crippen molar-refractivity contribution in [1.82, 2.24) is 4.90 Å². The molecule has 1 aromatic rings. The van der Waals surface area contributed by atoms with E-state index in [4.69, 9.17) is 5.73 Å². The minimum Gasteiger partial charge on any atom is -0.330 e. The number of ketones is 1. The maximum Gasteiger partial charge on any atom is 0.164 e. The molecule has 2 N–H and O–H groups in total. The van der Waals surface area contributed by atoms with Crippen molar-refractivity contribution in [1.29, 1.82) is 0 Å². The number of carbonyl (C=O) groups excluding carboxylic acids is 1. The molecule has 1 fully saturated rings. The van der Waals surface area contributed by atoms with Crippen molar-refractivity contribution in [2.45, 2.75) is 32.2 Å². The summed E-state index contributed by atoms with van der Waals surface area (Å²) in [5.41, 5.74) is 7.46. The number of rotatable bonds is 5. The van der Waals surface area contributed by atoms with Gasteiger partial charge in [0.05, 0.1) is 0 Å². The molecule has 0 atom stereocenters. The molecule has 0 aromatic heterocycles. The molecule has 98 valence electrons. The number of hydrogen-bond acceptors (Lipinski definition) is 3. The van der Waals surface area contributed by atoms with Gasteiger partial charge in [0.25, 0.3) is 0 Å². The minimum absolute atomic E-state index is 0.151. The molecule has 1 aromatic carbocycles. The molecule has 0 saturated carbocycles. The van der Waals surface area contributed by atoms with Gasteiger partial charge in [-0.25, -0.2) is 0 Å². The highest BCUT2D eigenvalue weighted by atomic mass is 16.1. The molecule has 1 aliphatic rings. The van der Waals surface area contributed by atoms with Crippen LogP contribution in [-0.4, -0.2) is 30.3 Å². The van der Waals surface area contributed by atoms with Crippen molar-refractivity contribution in [3.63, 3.8) is 0 Å². The van der Waals surface area contributed by atoms with E-state index in [-0.39, 0.29) is 5.78 Å². The molecule has 1 saturated heterocycles. The van der Waals surface area contributed by atoms with Crippen LogP contribution in [0.25, 0.3) is 0 Å². The fraction of sp³-hybridized carbons (Fsp3) is 0.533. The highest BCUT2D eigenvalue weighted by Crippen LogP contribution is 2.14. The van der Waals surface area contributed by atoms with E-state index in [0.29, 0.717) is 13.0 Å². The van der Waals surface area contributed by atoms with E-state index < -0.39 is 0 Å². The van der Waals surface area contributed by atoms with Crippen molar-refractivity contribution < 1.29 is 4.79 Å². The average molecular weight is 246 g/mol. The molecule has 3 nitrogen and oxygen atoms in total. The number of nitrogens with zero attached hydrogens (tertiary/aromatic N) is 1. The van der Waals surface area contributed by atoms with Crippen molar-refractivity contribution in [3.8, 4) is 0 Å². The minimum atomic E-state index is 0.151. The first-order chi connectivity index (χ1) is 8.79. The van der Waals surface area contributed by atoms with Gasteiger partial charge >= 0.3 is 0 Å². The Morgan fingerprint density at radius 3 is 2.72 bits per heavy atom. The zero-order valence-electron chi connectivity index (χ0n) is 10.9. The molecule has 3 heteroatoms. The summed E-state index contributed by atoms with van der Waals surface area (Å²) in [7, 11) is 0. The SMILES string of the molecule is NCCC(=O)c1cccc(CN2CCCCC2)c1. The molecule has 0 aliphatic carbocycles. The van der Waals surface area contributed by atoms with Gasteiger partial charge in [-0.1, -0.05) is 24.6 Å². The van der Waals surface area contributed by atoms with Crippen LogP contribution in [0.5, 0.6) is 0 Å². The number of piperidine rings is 1. The molecule has 0 spiro atoms. The molecule has 0 bridgehead atoms. The number of likely N-dealkylation sites (tertiary alicyclic amines) is 1. The predicted octanol–water partition coefficient (Wildman–Crippen LogP) is 2.20. The Bertz CT molecular complexity index is 397. The molecule has 0 amide bonds. The van der Waals surface area contributed by atoms with Gasteiger partial charge in [-0.15, -0.1) is 0 Å². The summed E-state index contributed by atoms with van der Waals surface area (Å²) in [6, 6.07) is 7.99. The Morgan fingerprint density at radius 1 is 1.22 bits per heavy atom. The van der Waals surface area contributed by atoms with Crippen LogP contribution in [-0.2, 0) is 6.54 Å². The molecule has 1 heterocycles. The second-order valence-electron chi connectivity index (χ2n) is 5.00. The summed E-state index contributed by atoms with van der Waals surface area (Å²) < 4.78 is 0. The van der Waals surface area contributed by atoms with Gasteiger partial charge in [0.2, 0.25) is 0 Å². The third-order valence-corrected chi connectivity index (χ3v) is 3.48. The topological polar surface area (TPSA) is 46.3 Å². The summed E-state index contributed by atoms with van der Waals surface area (Å²) in [6.45, 7) is 3.75. The monoisotopic (exact) mass is 246 g/mol. The average Bonchev–Trinajstić information content (AvgIpc) is 2.40. The van der Waals surface area contributed by atoms with Crippen LogP contribution >= 0.6 is 0 Å². The van der Waals surface area contributed by atoms with Gasteiger partial charge in [0, 0.05) is 18.5 Å². The Hall–Kier alpha value is -1.19. The lowest BCUT2D eigenvalue weighted by Crippen LogP contribution is -2.29. The number of carbonyl (C=O) groups is 1. The Kier molecular flexibility index (Phi) is 4.90. The van der Waals surface area contributed by atoms with E-state index >= 15 is 0 Å². The number of Topliss-reactive ketones (excluding diaryl/α,β-unsaturated/α-hetero) is 1. The second kappa shape index (κ2) is 6.66. The summed E-state index contributed by atoms with van der Waals surface area (Å²) in [5.74, 6) is 0.151. The fourth-order valence-corrected chi connectivity index (χ4v) is 2.49. The van der Waals surface area contributed by atoms with Crippen LogP contribution in [0.4, 0.5) is 0 Å². The molecule has 0 unspecified atom stereocenters. The Morgan fingerprint density at radius 2 is 2.00 bits per heavy atom. The van der Waals surface area contributed by atoms with Crippen molar-refractivity contribution in [3.05, 3.63) is 35.4 Å². The zero-order valence-corrected chi connectivity index (χ0v) is 10.9. The number of benzene rings is 1. The summed E-state index contributed by atoms with van der Waals surface area (Å²) in [5, 5.41) is 0. The lowest BCUT2D eigenvalue weighted by Gasteiger charge is -2.26. The van der Waals surface area contributed by atoms with E-state index in [0.717, 1.165) is 12.1 Å². The predicted molar refractivity (Wildman–Crippen MR) is 73.6 cm³/mol. The van der Waals surface area contributed by atoms with E-state index in [1.807, 2.05) is 18.2 Å². The summed E-state index contributed by atoms with van der Waals surface area (Å²) >= 11 is 0. The maximum absolute atomic E-state index is 11.8. The third-order valence-electron chi connectivity index (χ3n) is 3.48. The second-order valence-corrected chi connectivity index (χ2v) is 5.00.